The molecule has 2 heterocycles. The maximum absolute atomic E-state index is 13.0. The van der Waals surface area contributed by atoms with Crippen molar-refractivity contribution in [2.45, 2.75) is 12.7 Å². The minimum absolute atomic E-state index is 0.0800. The van der Waals surface area contributed by atoms with Crippen molar-refractivity contribution in [3.63, 3.8) is 0 Å². The van der Waals surface area contributed by atoms with Crippen LogP contribution in [0.1, 0.15) is 11.1 Å². The van der Waals surface area contributed by atoms with Crippen LogP contribution in [0.3, 0.4) is 0 Å². The molecule has 128 valence electrons. The number of hydrogen-bond donors (Lipinski definition) is 2. The highest BCUT2D eigenvalue weighted by Crippen LogP contribution is 2.35. The summed E-state index contributed by atoms with van der Waals surface area (Å²) >= 11 is 0. The van der Waals surface area contributed by atoms with Crippen molar-refractivity contribution < 1.29 is 13.2 Å². The molecule has 25 heavy (non-hydrogen) atoms. The molecule has 1 aromatic carbocycles. The van der Waals surface area contributed by atoms with Crippen LogP contribution in [0.5, 0.6) is 0 Å². The normalized spacial score (nSPS) is 11.2. The molecule has 0 fully saturated rings. The highest BCUT2D eigenvalue weighted by molar-refractivity contribution is 5.60. The molecule has 0 bridgehead atoms. The Kier molecular flexibility index (Phi) is 4.78. The fourth-order valence-electron chi connectivity index (χ4n) is 2.17. The number of pyridine rings is 1. The lowest BCUT2D eigenvalue weighted by Gasteiger charge is -2.14. The Hall–Kier alpha value is -3.16. The minimum atomic E-state index is -4.46. The van der Waals surface area contributed by atoms with E-state index in [1.165, 1.54) is 24.4 Å². The van der Waals surface area contributed by atoms with Crippen LogP contribution in [0.15, 0.2) is 61.1 Å². The molecule has 3 aromatic rings. The van der Waals surface area contributed by atoms with Crippen LogP contribution in [0.25, 0.3) is 0 Å². The molecule has 0 spiro atoms. The average molecular weight is 345 g/mol. The molecule has 8 heteroatoms. The predicted octanol–water partition coefficient (Wildman–Crippen LogP) is 4.25. The highest BCUT2D eigenvalue weighted by Gasteiger charge is 2.33. The Morgan fingerprint density at radius 2 is 1.68 bits per heavy atom. The van der Waals surface area contributed by atoms with Gasteiger partial charge in [-0.3, -0.25) is 4.98 Å². The van der Waals surface area contributed by atoms with Gasteiger partial charge < -0.3 is 10.6 Å². The summed E-state index contributed by atoms with van der Waals surface area (Å²) in [6.45, 7) is 0.512. The van der Waals surface area contributed by atoms with Gasteiger partial charge in [0.15, 0.2) is 0 Å². The van der Waals surface area contributed by atoms with Gasteiger partial charge >= 0.3 is 6.18 Å². The summed E-state index contributed by atoms with van der Waals surface area (Å²) in [5.41, 5.74) is 0.139. The topological polar surface area (TPSA) is 62.7 Å². The van der Waals surface area contributed by atoms with E-state index in [1.54, 1.807) is 18.5 Å². The minimum Gasteiger partial charge on any atom is -0.366 e. The molecule has 0 saturated carbocycles. The molecule has 0 radical (unpaired) electrons. The van der Waals surface area contributed by atoms with Crippen LogP contribution in [-0.4, -0.2) is 15.0 Å². The molecule has 3 rings (SSSR count). The number of halogens is 3. The zero-order valence-electron chi connectivity index (χ0n) is 13.0. The lowest BCUT2D eigenvalue weighted by atomic mass is 10.1. The van der Waals surface area contributed by atoms with Gasteiger partial charge in [-0.05, 0) is 35.9 Å². The van der Waals surface area contributed by atoms with E-state index < -0.39 is 11.7 Å². The first-order valence-corrected chi connectivity index (χ1v) is 7.41. The Morgan fingerprint density at radius 1 is 0.920 bits per heavy atom. The summed E-state index contributed by atoms with van der Waals surface area (Å²) in [5.74, 6) is 0.579. The van der Waals surface area contributed by atoms with E-state index in [1.807, 2.05) is 12.1 Å². The van der Waals surface area contributed by atoms with Gasteiger partial charge in [0.1, 0.15) is 5.82 Å². The van der Waals surface area contributed by atoms with Gasteiger partial charge in [0, 0.05) is 25.1 Å². The van der Waals surface area contributed by atoms with Gasteiger partial charge in [-0.1, -0.05) is 12.1 Å². The summed E-state index contributed by atoms with van der Waals surface area (Å²) in [4.78, 5) is 12.1. The molecule has 5 nitrogen and oxygen atoms in total. The number of benzene rings is 1. The lowest BCUT2D eigenvalue weighted by Crippen LogP contribution is -2.10. The van der Waals surface area contributed by atoms with E-state index in [0.29, 0.717) is 12.4 Å². The highest BCUT2D eigenvalue weighted by atomic mass is 19.4. The van der Waals surface area contributed by atoms with E-state index in [-0.39, 0.29) is 11.6 Å². The SMILES string of the molecule is FC(F)(F)c1ccccc1Nc1nccc(NCc2ccncc2)n1. The van der Waals surface area contributed by atoms with Crippen LogP contribution in [-0.2, 0) is 12.7 Å². The molecule has 0 aliphatic carbocycles. The number of nitrogens with zero attached hydrogens (tertiary/aromatic N) is 3. The molecule has 0 amide bonds. The molecule has 0 unspecified atom stereocenters. The number of para-hydroxylation sites is 1. The van der Waals surface area contributed by atoms with Crippen molar-refractivity contribution in [1.82, 2.24) is 15.0 Å². The molecule has 2 aromatic heterocycles. The standard InChI is InChI=1S/C17H14F3N5/c18-17(19,20)13-3-1-2-4-14(13)24-16-22-10-7-15(25-16)23-11-12-5-8-21-9-6-12/h1-10H,11H2,(H2,22,23,24,25). The van der Waals surface area contributed by atoms with Crippen molar-refractivity contribution in [2.75, 3.05) is 10.6 Å². The third-order valence-corrected chi connectivity index (χ3v) is 3.36. The third kappa shape index (κ3) is 4.43. The fraction of sp³-hybridized carbons (Fsp3) is 0.118. The van der Waals surface area contributed by atoms with E-state index in [4.69, 9.17) is 0 Å². The summed E-state index contributed by atoms with van der Waals surface area (Å²) in [6, 6.07) is 10.5. The van der Waals surface area contributed by atoms with Crippen molar-refractivity contribution in [3.8, 4) is 0 Å². The summed E-state index contributed by atoms with van der Waals surface area (Å²) in [5, 5.41) is 5.72. The van der Waals surface area contributed by atoms with E-state index in [2.05, 4.69) is 25.6 Å². The monoisotopic (exact) mass is 345 g/mol. The van der Waals surface area contributed by atoms with Crippen LogP contribution in [0.2, 0.25) is 0 Å². The van der Waals surface area contributed by atoms with Crippen LogP contribution < -0.4 is 10.6 Å². The van der Waals surface area contributed by atoms with Crippen LogP contribution in [0, 0.1) is 0 Å². The van der Waals surface area contributed by atoms with Gasteiger partial charge in [0.25, 0.3) is 0 Å². The maximum Gasteiger partial charge on any atom is 0.418 e. The van der Waals surface area contributed by atoms with Crippen molar-refractivity contribution >= 4 is 17.5 Å². The van der Waals surface area contributed by atoms with Crippen molar-refractivity contribution in [2.24, 2.45) is 0 Å². The Labute approximate surface area is 142 Å². The van der Waals surface area contributed by atoms with E-state index >= 15 is 0 Å². The van der Waals surface area contributed by atoms with Crippen LogP contribution >= 0.6 is 0 Å². The quantitative estimate of drug-likeness (QED) is 0.724. The van der Waals surface area contributed by atoms with Gasteiger partial charge in [-0.2, -0.15) is 18.2 Å². The molecule has 2 N–H and O–H groups in total. The second-order valence-electron chi connectivity index (χ2n) is 5.14. The number of nitrogens with one attached hydrogen (secondary N) is 2. The first-order chi connectivity index (χ1) is 12.0. The first-order valence-electron chi connectivity index (χ1n) is 7.41. The number of anilines is 3. The second-order valence-corrected chi connectivity index (χ2v) is 5.14. The smallest absolute Gasteiger partial charge is 0.366 e. The number of hydrogen-bond acceptors (Lipinski definition) is 5. The van der Waals surface area contributed by atoms with Gasteiger partial charge in [-0.15, -0.1) is 0 Å². The Bertz CT molecular complexity index is 837. The summed E-state index contributed by atoms with van der Waals surface area (Å²) in [6.07, 6.45) is 0.372. The van der Waals surface area contributed by atoms with Gasteiger partial charge in [-0.25, -0.2) is 4.98 Å². The fourth-order valence-corrected chi connectivity index (χ4v) is 2.17. The average Bonchev–Trinajstić information content (AvgIpc) is 2.61. The van der Waals surface area contributed by atoms with E-state index in [0.717, 1.165) is 11.6 Å². The van der Waals surface area contributed by atoms with Gasteiger partial charge in [0.05, 0.1) is 11.3 Å². The summed E-state index contributed by atoms with van der Waals surface area (Å²) in [7, 11) is 0. The molecule has 0 atom stereocenters. The lowest BCUT2D eigenvalue weighted by molar-refractivity contribution is -0.136. The zero-order chi connectivity index (χ0) is 17.7. The molecule has 0 saturated heterocycles. The Morgan fingerprint density at radius 3 is 2.44 bits per heavy atom. The Balaban J connectivity index is 1.74. The number of rotatable bonds is 5. The number of alkyl halides is 3. The van der Waals surface area contributed by atoms with Crippen LogP contribution in [0.4, 0.5) is 30.6 Å². The van der Waals surface area contributed by atoms with Gasteiger partial charge in [0.2, 0.25) is 5.95 Å². The second kappa shape index (κ2) is 7.16. The predicted molar refractivity (Wildman–Crippen MR) is 88.3 cm³/mol. The third-order valence-electron chi connectivity index (χ3n) is 3.36. The van der Waals surface area contributed by atoms with E-state index in [9.17, 15) is 13.2 Å². The maximum atomic E-state index is 13.0. The summed E-state index contributed by atoms with van der Waals surface area (Å²) < 4.78 is 39.1. The van der Waals surface area contributed by atoms with Crippen molar-refractivity contribution in [3.05, 3.63) is 72.2 Å². The van der Waals surface area contributed by atoms with Crippen molar-refractivity contribution in [1.29, 1.82) is 0 Å². The molecular formula is C17H14F3N5. The largest absolute Gasteiger partial charge is 0.418 e. The molecular weight excluding hydrogens is 331 g/mol. The molecule has 0 aliphatic heterocycles. The zero-order valence-corrected chi connectivity index (χ0v) is 13.0. The first kappa shape index (κ1) is 16.7. The number of aromatic nitrogens is 3. The molecule has 0 aliphatic rings.